The summed E-state index contributed by atoms with van der Waals surface area (Å²) in [6.07, 6.45) is -6.57. The molecular weight excluding hydrogens is 244 g/mol. The van der Waals surface area contributed by atoms with E-state index in [1.54, 1.807) is 20.8 Å². The van der Waals surface area contributed by atoms with Gasteiger partial charge < -0.3 is 34.6 Å². The molecule has 7 atom stereocenters. The average Bonchev–Trinajstić information content (AvgIpc) is 2.30. The van der Waals surface area contributed by atoms with Crippen LogP contribution in [0.5, 0.6) is 0 Å². The summed E-state index contributed by atoms with van der Waals surface area (Å²) in [5, 5.41) is 38.1. The van der Waals surface area contributed by atoms with E-state index in [-0.39, 0.29) is 6.79 Å². The fourth-order valence-corrected chi connectivity index (χ4v) is 1.56. The van der Waals surface area contributed by atoms with Gasteiger partial charge in [-0.2, -0.15) is 0 Å². The van der Waals surface area contributed by atoms with Crippen molar-refractivity contribution in [2.45, 2.75) is 63.7 Å². The molecule has 108 valence electrons. The summed E-state index contributed by atoms with van der Waals surface area (Å²) in [7, 11) is 0. The van der Waals surface area contributed by atoms with Crippen molar-refractivity contribution < 1.29 is 34.6 Å². The topological polar surface area (TPSA) is 109 Å². The highest BCUT2D eigenvalue weighted by atomic mass is 16.7. The zero-order valence-corrected chi connectivity index (χ0v) is 10.8. The van der Waals surface area contributed by atoms with Crippen LogP contribution in [0.1, 0.15) is 20.8 Å². The minimum absolute atomic E-state index is 0.227. The molecule has 7 nitrogen and oxygen atoms in total. The second-order valence-electron chi connectivity index (χ2n) is 4.57. The minimum Gasteiger partial charge on any atom is -0.391 e. The van der Waals surface area contributed by atoms with Crippen molar-refractivity contribution in [1.29, 1.82) is 0 Å². The lowest BCUT2D eigenvalue weighted by molar-refractivity contribution is -0.303. The van der Waals surface area contributed by atoms with E-state index in [2.05, 4.69) is 0 Å². The Morgan fingerprint density at radius 1 is 1.17 bits per heavy atom. The van der Waals surface area contributed by atoms with E-state index in [4.69, 9.17) is 14.2 Å². The van der Waals surface area contributed by atoms with E-state index in [9.17, 15) is 20.4 Å². The number of hydrogen-bond acceptors (Lipinski definition) is 7. The fraction of sp³-hybridized carbons (Fsp3) is 1.00. The molecule has 0 amide bonds. The largest absolute Gasteiger partial charge is 0.391 e. The van der Waals surface area contributed by atoms with Gasteiger partial charge in [0.2, 0.25) is 0 Å². The monoisotopic (exact) mass is 266 g/mol. The fourth-order valence-electron chi connectivity index (χ4n) is 1.56. The maximum absolute atomic E-state index is 9.73. The van der Waals surface area contributed by atoms with Crippen molar-refractivity contribution in [2.75, 3.05) is 6.79 Å². The molecule has 4 unspecified atom stereocenters. The third-order valence-corrected chi connectivity index (χ3v) is 3.07. The Bertz CT molecular complexity index is 248. The first-order chi connectivity index (χ1) is 8.34. The van der Waals surface area contributed by atoms with Crippen molar-refractivity contribution in [1.82, 2.24) is 0 Å². The molecule has 0 aromatic carbocycles. The summed E-state index contributed by atoms with van der Waals surface area (Å²) in [5.74, 6) is 0. The maximum Gasteiger partial charge on any atom is 0.184 e. The highest BCUT2D eigenvalue weighted by Crippen LogP contribution is 2.22. The van der Waals surface area contributed by atoms with Crippen LogP contribution in [0.3, 0.4) is 0 Å². The van der Waals surface area contributed by atoms with E-state index in [1.807, 2.05) is 0 Å². The first kappa shape index (κ1) is 15.8. The smallest absolute Gasteiger partial charge is 0.184 e. The third-order valence-electron chi connectivity index (χ3n) is 3.07. The molecular formula is C11H22O7. The maximum atomic E-state index is 9.73. The van der Waals surface area contributed by atoms with Crippen LogP contribution in [0, 0.1) is 0 Å². The van der Waals surface area contributed by atoms with Crippen LogP contribution < -0.4 is 0 Å². The molecule has 4 N–H and O–H groups in total. The predicted octanol–water partition coefficient (Wildman–Crippen LogP) is -1.43. The van der Waals surface area contributed by atoms with Gasteiger partial charge in [0, 0.05) is 0 Å². The van der Waals surface area contributed by atoms with Gasteiger partial charge in [-0.1, -0.05) is 0 Å². The van der Waals surface area contributed by atoms with Crippen molar-refractivity contribution >= 4 is 0 Å². The minimum atomic E-state index is -1.33. The van der Waals surface area contributed by atoms with Gasteiger partial charge in [-0.3, -0.25) is 0 Å². The molecule has 1 aliphatic rings. The molecule has 18 heavy (non-hydrogen) atoms. The van der Waals surface area contributed by atoms with Crippen LogP contribution in [0.25, 0.3) is 0 Å². The molecule has 1 aliphatic heterocycles. The lowest BCUT2D eigenvalue weighted by atomic mass is 10.00. The molecule has 0 aromatic heterocycles. The van der Waals surface area contributed by atoms with Crippen LogP contribution in [0.4, 0.5) is 0 Å². The van der Waals surface area contributed by atoms with E-state index < -0.39 is 42.9 Å². The van der Waals surface area contributed by atoms with Crippen molar-refractivity contribution in [3.63, 3.8) is 0 Å². The predicted molar refractivity (Wildman–Crippen MR) is 60.5 cm³/mol. The van der Waals surface area contributed by atoms with Crippen molar-refractivity contribution in [3.05, 3.63) is 0 Å². The van der Waals surface area contributed by atoms with Crippen LogP contribution in [0.2, 0.25) is 0 Å². The van der Waals surface area contributed by atoms with Crippen molar-refractivity contribution in [2.24, 2.45) is 0 Å². The standard InChI is InChI=1S/C11H22O7/c1-5(12)6(2)16-4-17-10-9(14)8(13)7(3)18-11(10)15/h5-15H,4H2,1-3H3/t5?,6?,7?,8-,9-,10?,11+/m0/s1. The third kappa shape index (κ3) is 3.86. The Labute approximate surface area is 106 Å². The number of aliphatic hydroxyl groups is 4. The summed E-state index contributed by atoms with van der Waals surface area (Å²) in [4.78, 5) is 0. The second kappa shape index (κ2) is 6.76. The average molecular weight is 266 g/mol. The Morgan fingerprint density at radius 3 is 2.33 bits per heavy atom. The molecule has 1 fully saturated rings. The summed E-state index contributed by atoms with van der Waals surface area (Å²) in [6, 6.07) is 0. The zero-order chi connectivity index (χ0) is 13.9. The number of rotatable bonds is 5. The molecule has 0 radical (unpaired) electrons. The lowest BCUT2D eigenvalue weighted by Crippen LogP contribution is -2.57. The zero-order valence-electron chi connectivity index (χ0n) is 10.8. The van der Waals surface area contributed by atoms with Gasteiger partial charge >= 0.3 is 0 Å². The molecule has 7 heteroatoms. The van der Waals surface area contributed by atoms with E-state index in [0.29, 0.717) is 0 Å². The molecule has 0 bridgehead atoms. The van der Waals surface area contributed by atoms with Gasteiger partial charge in [-0.25, -0.2) is 0 Å². The van der Waals surface area contributed by atoms with E-state index >= 15 is 0 Å². The van der Waals surface area contributed by atoms with Gasteiger partial charge in [-0.05, 0) is 20.8 Å². The molecule has 0 aliphatic carbocycles. The normalized spacial score (nSPS) is 40.5. The van der Waals surface area contributed by atoms with Crippen molar-refractivity contribution in [3.8, 4) is 0 Å². The Hall–Kier alpha value is -0.280. The molecule has 0 aromatic rings. The first-order valence-corrected chi connectivity index (χ1v) is 5.95. The summed E-state index contributed by atoms with van der Waals surface area (Å²) >= 11 is 0. The molecule has 0 spiro atoms. The summed E-state index contributed by atoms with van der Waals surface area (Å²) in [5.41, 5.74) is 0. The Balaban J connectivity index is 2.41. The van der Waals surface area contributed by atoms with E-state index in [1.165, 1.54) is 0 Å². The molecule has 1 saturated heterocycles. The first-order valence-electron chi connectivity index (χ1n) is 5.95. The number of ether oxygens (including phenoxy) is 3. The Morgan fingerprint density at radius 2 is 1.78 bits per heavy atom. The quantitative estimate of drug-likeness (QED) is 0.452. The van der Waals surface area contributed by atoms with Crippen LogP contribution in [-0.4, -0.2) is 70.1 Å². The number of hydrogen-bond donors (Lipinski definition) is 4. The van der Waals surface area contributed by atoms with Gasteiger partial charge in [0.15, 0.2) is 6.29 Å². The SMILES string of the molecule is CC(O)C(C)OCOC1[C@H](O)OC(C)[C@H](O)[C@@H]1O. The molecule has 0 saturated carbocycles. The number of aliphatic hydroxyl groups excluding tert-OH is 4. The van der Waals surface area contributed by atoms with Gasteiger partial charge in [0.25, 0.3) is 0 Å². The highest BCUT2D eigenvalue weighted by molar-refractivity contribution is 4.87. The van der Waals surface area contributed by atoms with Crippen LogP contribution in [0.15, 0.2) is 0 Å². The second-order valence-corrected chi connectivity index (χ2v) is 4.57. The lowest BCUT2D eigenvalue weighted by Gasteiger charge is -2.39. The molecule has 1 heterocycles. The molecule has 1 rings (SSSR count). The van der Waals surface area contributed by atoms with Gasteiger partial charge in [0.1, 0.15) is 25.1 Å². The van der Waals surface area contributed by atoms with Gasteiger partial charge in [-0.15, -0.1) is 0 Å². The van der Waals surface area contributed by atoms with Crippen LogP contribution in [-0.2, 0) is 14.2 Å². The van der Waals surface area contributed by atoms with Gasteiger partial charge in [0.05, 0.1) is 18.3 Å². The Kier molecular flexibility index (Phi) is 5.93. The summed E-state index contributed by atoms with van der Waals surface area (Å²) in [6.45, 7) is 4.55. The van der Waals surface area contributed by atoms with E-state index in [0.717, 1.165) is 0 Å². The summed E-state index contributed by atoms with van der Waals surface area (Å²) < 4.78 is 15.3. The van der Waals surface area contributed by atoms with Crippen LogP contribution >= 0.6 is 0 Å². The highest BCUT2D eigenvalue weighted by Gasteiger charge is 2.42.